The van der Waals surface area contributed by atoms with E-state index in [0.717, 1.165) is 10.6 Å². The van der Waals surface area contributed by atoms with Gasteiger partial charge in [-0.05, 0) is 32.9 Å². The van der Waals surface area contributed by atoms with Gasteiger partial charge < -0.3 is 9.30 Å². The summed E-state index contributed by atoms with van der Waals surface area (Å²) in [5, 5.41) is 4.44. The molecule has 2 heterocycles. The minimum Gasteiger partial charge on any atom is -0.454 e. The van der Waals surface area contributed by atoms with Gasteiger partial charge in [-0.3, -0.25) is 9.48 Å². The van der Waals surface area contributed by atoms with E-state index in [1.54, 1.807) is 14.0 Å². The number of carbonyl (C=O) groups excluding carboxylic acids is 2. The predicted molar refractivity (Wildman–Crippen MR) is 97.2 cm³/mol. The molecule has 0 radical (unpaired) electrons. The summed E-state index contributed by atoms with van der Waals surface area (Å²) in [6, 6.07) is 1.35. The summed E-state index contributed by atoms with van der Waals surface area (Å²) in [5.74, 6) is -1.37. The molecule has 152 valence electrons. The number of esters is 1. The Kier molecular flexibility index (Phi) is 6.38. The lowest BCUT2D eigenvalue weighted by Gasteiger charge is -2.12. The van der Waals surface area contributed by atoms with Crippen LogP contribution in [0.2, 0.25) is 5.15 Å². The van der Waals surface area contributed by atoms with Crippen molar-refractivity contribution in [1.29, 1.82) is 0 Å². The van der Waals surface area contributed by atoms with Crippen molar-refractivity contribution in [1.82, 2.24) is 14.3 Å². The van der Waals surface area contributed by atoms with Crippen LogP contribution in [0.25, 0.3) is 6.08 Å². The maximum absolute atomic E-state index is 12.7. The Hall–Kier alpha value is -2.55. The van der Waals surface area contributed by atoms with Crippen LogP contribution in [0.1, 0.15) is 33.0 Å². The lowest BCUT2D eigenvalue weighted by Crippen LogP contribution is -2.20. The third kappa shape index (κ3) is 5.03. The molecule has 2 aromatic heterocycles. The first kappa shape index (κ1) is 21.7. The van der Waals surface area contributed by atoms with Crippen LogP contribution < -0.4 is 0 Å². The topological polar surface area (TPSA) is 66.1 Å². The van der Waals surface area contributed by atoms with Crippen molar-refractivity contribution in [2.75, 3.05) is 6.61 Å². The Morgan fingerprint density at radius 1 is 1.29 bits per heavy atom. The summed E-state index contributed by atoms with van der Waals surface area (Å²) >= 11 is 6.05. The molecule has 6 nitrogen and oxygen atoms in total. The zero-order valence-corrected chi connectivity index (χ0v) is 16.5. The number of Topliss-reactive ketones (excluding diaryl/α,β-unsaturated/α-hetero) is 1. The number of ketones is 1. The summed E-state index contributed by atoms with van der Waals surface area (Å²) in [7, 11) is 1.65. The highest BCUT2D eigenvalue weighted by atomic mass is 35.5. The van der Waals surface area contributed by atoms with Crippen molar-refractivity contribution < 1.29 is 27.5 Å². The van der Waals surface area contributed by atoms with Gasteiger partial charge in [0.2, 0.25) is 5.78 Å². The van der Waals surface area contributed by atoms with Crippen LogP contribution in [0.5, 0.6) is 0 Å². The van der Waals surface area contributed by atoms with E-state index in [0.29, 0.717) is 22.1 Å². The Morgan fingerprint density at radius 2 is 1.93 bits per heavy atom. The third-order valence-electron chi connectivity index (χ3n) is 4.14. The van der Waals surface area contributed by atoms with E-state index in [1.807, 2.05) is 0 Å². The fourth-order valence-corrected chi connectivity index (χ4v) is 2.99. The van der Waals surface area contributed by atoms with Gasteiger partial charge in [-0.1, -0.05) is 11.6 Å². The molecule has 0 atom stereocenters. The fraction of sp³-hybridized carbons (Fsp3) is 0.389. The number of rotatable bonds is 6. The smallest absolute Gasteiger partial charge is 0.406 e. The lowest BCUT2D eigenvalue weighted by atomic mass is 10.1. The Balaban J connectivity index is 2.03. The summed E-state index contributed by atoms with van der Waals surface area (Å²) in [6.45, 7) is 2.84. The second kappa shape index (κ2) is 8.22. The normalized spacial score (nSPS) is 12.0. The van der Waals surface area contributed by atoms with Gasteiger partial charge in [0.1, 0.15) is 11.7 Å². The van der Waals surface area contributed by atoms with E-state index >= 15 is 0 Å². The molecule has 2 rings (SSSR count). The number of halogens is 4. The molecule has 0 N–H and O–H groups in total. The molecule has 0 aromatic carbocycles. The minimum absolute atomic E-state index is 0.0877. The zero-order chi connectivity index (χ0) is 21.2. The predicted octanol–water partition coefficient (Wildman–Crippen LogP) is 3.80. The molecule has 0 amide bonds. The number of ether oxygens (including phenoxy) is 1. The van der Waals surface area contributed by atoms with E-state index < -0.39 is 31.1 Å². The van der Waals surface area contributed by atoms with Gasteiger partial charge >= 0.3 is 12.1 Å². The van der Waals surface area contributed by atoms with Crippen LogP contribution in [0, 0.1) is 20.8 Å². The summed E-state index contributed by atoms with van der Waals surface area (Å²) in [6.07, 6.45) is -1.87. The van der Waals surface area contributed by atoms with E-state index in [4.69, 9.17) is 16.3 Å². The monoisotopic (exact) mass is 417 g/mol. The number of hydrogen-bond donors (Lipinski definition) is 0. The Morgan fingerprint density at radius 3 is 2.46 bits per heavy atom. The van der Waals surface area contributed by atoms with Crippen molar-refractivity contribution in [3.8, 4) is 0 Å². The van der Waals surface area contributed by atoms with Crippen molar-refractivity contribution in [2.24, 2.45) is 7.05 Å². The molecule has 28 heavy (non-hydrogen) atoms. The van der Waals surface area contributed by atoms with Crippen LogP contribution in [-0.2, 0) is 23.1 Å². The highest BCUT2D eigenvalue weighted by Gasteiger charge is 2.30. The number of aromatic nitrogens is 3. The molecule has 0 aliphatic carbocycles. The second-order valence-electron chi connectivity index (χ2n) is 6.26. The van der Waals surface area contributed by atoms with Gasteiger partial charge in [0, 0.05) is 35.6 Å². The number of hydrogen-bond acceptors (Lipinski definition) is 4. The van der Waals surface area contributed by atoms with Gasteiger partial charge in [-0.25, -0.2) is 4.79 Å². The van der Waals surface area contributed by atoms with Gasteiger partial charge in [0.15, 0.2) is 6.61 Å². The minimum atomic E-state index is -4.40. The number of aryl methyl sites for hydroxylation is 3. The van der Waals surface area contributed by atoms with Crippen molar-refractivity contribution >= 4 is 29.4 Å². The van der Waals surface area contributed by atoms with Crippen LogP contribution in [0.15, 0.2) is 12.1 Å². The van der Waals surface area contributed by atoms with Crippen LogP contribution in [0.3, 0.4) is 0 Å². The van der Waals surface area contributed by atoms with E-state index in [2.05, 4.69) is 5.10 Å². The molecule has 0 saturated carbocycles. The van der Waals surface area contributed by atoms with Gasteiger partial charge in [0.05, 0.1) is 5.69 Å². The molecular formula is C18H19ClF3N3O3. The largest absolute Gasteiger partial charge is 0.454 e. The Bertz CT molecular complexity index is 942. The first-order chi connectivity index (χ1) is 12.9. The first-order valence-corrected chi connectivity index (χ1v) is 8.59. The Labute approximate surface area is 164 Å². The molecular weight excluding hydrogens is 399 g/mol. The molecule has 0 saturated heterocycles. The van der Waals surface area contributed by atoms with Crippen LogP contribution >= 0.6 is 11.6 Å². The maximum atomic E-state index is 12.7. The highest BCUT2D eigenvalue weighted by Crippen LogP contribution is 2.23. The van der Waals surface area contributed by atoms with Gasteiger partial charge in [-0.2, -0.15) is 18.3 Å². The zero-order valence-electron chi connectivity index (χ0n) is 15.7. The summed E-state index contributed by atoms with van der Waals surface area (Å²) in [4.78, 5) is 24.1. The van der Waals surface area contributed by atoms with E-state index in [1.165, 1.54) is 30.7 Å². The van der Waals surface area contributed by atoms with E-state index in [9.17, 15) is 22.8 Å². The quantitative estimate of drug-likeness (QED) is 0.407. The fourth-order valence-electron chi connectivity index (χ4n) is 2.76. The second-order valence-corrected chi connectivity index (χ2v) is 6.62. The van der Waals surface area contributed by atoms with Crippen molar-refractivity contribution in [3.63, 3.8) is 0 Å². The first-order valence-electron chi connectivity index (χ1n) is 8.21. The highest BCUT2D eigenvalue weighted by molar-refractivity contribution is 6.31. The van der Waals surface area contributed by atoms with Gasteiger partial charge in [0.25, 0.3) is 0 Å². The standard InChI is InChI=1S/C18H19ClF3N3O3/c1-10-7-14(12(3)25(10)9-18(20,21)22)15(26)8-28-16(27)6-5-13-11(2)23-24(4)17(13)19/h5-7H,8-9H2,1-4H3/b6-5+. The number of carbonyl (C=O) groups is 2. The number of alkyl halides is 3. The summed E-state index contributed by atoms with van der Waals surface area (Å²) in [5.41, 5.74) is 1.72. The van der Waals surface area contributed by atoms with E-state index in [-0.39, 0.29) is 11.3 Å². The van der Waals surface area contributed by atoms with Crippen LogP contribution in [-0.4, -0.2) is 38.9 Å². The molecule has 0 aliphatic heterocycles. The molecule has 0 bridgehead atoms. The number of nitrogens with zero attached hydrogens (tertiary/aromatic N) is 3. The van der Waals surface area contributed by atoms with Crippen LogP contribution in [0.4, 0.5) is 13.2 Å². The third-order valence-corrected chi connectivity index (χ3v) is 4.59. The average Bonchev–Trinajstić information content (AvgIpc) is 2.99. The van der Waals surface area contributed by atoms with Crippen molar-refractivity contribution in [3.05, 3.63) is 45.5 Å². The van der Waals surface area contributed by atoms with Crippen molar-refractivity contribution in [2.45, 2.75) is 33.5 Å². The molecule has 0 spiro atoms. The molecule has 10 heteroatoms. The lowest BCUT2D eigenvalue weighted by molar-refractivity contribution is -0.141. The maximum Gasteiger partial charge on any atom is 0.406 e. The van der Waals surface area contributed by atoms with Gasteiger partial charge in [-0.15, -0.1) is 0 Å². The average molecular weight is 418 g/mol. The molecule has 2 aromatic rings. The SMILES string of the molecule is Cc1nn(C)c(Cl)c1/C=C/C(=O)OCC(=O)c1cc(C)n(CC(F)(F)F)c1C. The molecule has 0 aliphatic rings. The molecule has 0 unspecified atom stereocenters. The molecule has 0 fully saturated rings. The summed E-state index contributed by atoms with van der Waals surface area (Å²) < 4.78 is 45.3.